The molecular formula is C30H32N4O5S. The van der Waals surface area contributed by atoms with Crippen LogP contribution in [0.4, 0.5) is 5.69 Å². The van der Waals surface area contributed by atoms with Gasteiger partial charge in [-0.1, -0.05) is 64.1 Å². The molecular weight excluding hydrogens is 528 g/mol. The van der Waals surface area contributed by atoms with E-state index < -0.39 is 46.4 Å². The summed E-state index contributed by atoms with van der Waals surface area (Å²) in [5.41, 5.74) is 2.77. The van der Waals surface area contributed by atoms with Gasteiger partial charge in [0, 0.05) is 42.2 Å². The van der Waals surface area contributed by atoms with E-state index in [9.17, 15) is 19.2 Å². The van der Waals surface area contributed by atoms with Gasteiger partial charge in [0.1, 0.15) is 6.17 Å². The number of rotatable bonds is 5. The number of thioether (sulfide) groups is 1. The van der Waals surface area contributed by atoms with E-state index in [4.69, 9.17) is 4.74 Å². The lowest BCUT2D eigenvalue weighted by atomic mass is 9.72. The van der Waals surface area contributed by atoms with E-state index in [1.807, 2.05) is 54.7 Å². The number of likely N-dealkylation sites (N-methyl/N-ethyl adjacent to an activating group) is 1. The number of fused-ring (bicyclic) bond motifs is 6. The zero-order valence-corrected chi connectivity index (χ0v) is 23.9. The van der Waals surface area contributed by atoms with Crippen molar-refractivity contribution in [3.8, 4) is 0 Å². The van der Waals surface area contributed by atoms with Gasteiger partial charge in [-0.2, -0.15) is 0 Å². The van der Waals surface area contributed by atoms with Crippen molar-refractivity contribution in [3.05, 3.63) is 65.9 Å². The molecule has 6 rings (SSSR count). The summed E-state index contributed by atoms with van der Waals surface area (Å²) >= 11 is 0.906. The molecule has 2 fully saturated rings. The van der Waals surface area contributed by atoms with Crippen molar-refractivity contribution in [3.63, 3.8) is 0 Å². The Bertz CT molecular complexity index is 1570. The van der Waals surface area contributed by atoms with E-state index in [0.29, 0.717) is 0 Å². The minimum atomic E-state index is -1.54. The molecule has 3 aliphatic heterocycles. The number of amides is 2. The van der Waals surface area contributed by atoms with Crippen molar-refractivity contribution in [2.24, 2.45) is 11.8 Å². The number of nitrogens with zero attached hydrogens (tertiary/aromatic N) is 2. The Morgan fingerprint density at radius 2 is 1.70 bits per heavy atom. The summed E-state index contributed by atoms with van der Waals surface area (Å²) in [5, 5.41) is 4.31. The summed E-state index contributed by atoms with van der Waals surface area (Å²) in [6.07, 6.45) is -0.0341. The fourth-order valence-electron chi connectivity index (χ4n) is 6.33. The quantitative estimate of drug-likeness (QED) is 0.453. The van der Waals surface area contributed by atoms with Crippen molar-refractivity contribution in [2.45, 2.75) is 56.8 Å². The summed E-state index contributed by atoms with van der Waals surface area (Å²) in [7, 11) is 1.46. The lowest BCUT2D eigenvalue weighted by Crippen LogP contribution is -2.70. The molecule has 0 radical (unpaired) electrons. The third kappa shape index (κ3) is 3.47. The van der Waals surface area contributed by atoms with Crippen LogP contribution in [0.1, 0.15) is 45.2 Å². The molecule has 2 saturated heterocycles. The molecule has 2 N–H and O–H groups in total. The van der Waals surface area contributed by atoms with Crippen LogP contribution in [0.25, 0.3) is 10.9 Å². The highest BCUT2D eigenvalue weighted by Crippen LogP contribution is 2.63. The number of ether oxygens (including phenoxy) is 1. The summed E-state index contributed by atoms with van der Waals surface area (Å²) < 4.78 is 5.62. The Labute approximate surface area is 236 Å². The van der Waals surface area contributed by atoms with Gasteiger partial charge < -0.3 is 15.0 Å². The van der Waals surface area contributed by atoms with Crippen LogP contribution < -0.4 is 5.32 Å². The molecule has 3 aliphatic rings. The standard InChI is InChI=1S/C30H32N4O5S/c1-16(2)25(36)39-24-23(35)34-27-29(19-11-7-9-13-22(19)32-27,20-14-31-21-12-8-6-10-18(20)21)15-30(34,28(38)33(24)5)40-26(37)17(3)4/h6-14,16-17,24,27,31-32H,15H2,1-5H3/t24-,27-,29-,30-/m1/s1. The van der Waals surface area contributed by atoms with E-state index in [0.717, 1.165) is 39.5 Å². The third-order valence-corrected chi connectivity index (χ3v) is 9.82. The first-order valence-electron chi connectivity index (χ1n) is 13.5. The van der Waals surface area contributed by atoms with Gasteiger partial charge in [0.15, 0.2) is 9.99 Å². The van der Waals surface area contributed by atoms with Gasteiger partial charge in [-0.3, -0.25) is 29.0 Å². The number of carbonyl (C=O) groups is 4. The monoisotopic (exact) mass is 560 g/mol. The molecule has 4 heterocycles. The second-order valence-corrected chi connectivity index (χ2v) is 12.7. The molecule has 0 bridgehead atoms. The van der Waals surface area contributed by atoms with E-state index in [1.165, 1.54) is 16.8 Å². The molecule has 2 aromatic carbocycles. The number of benzene rings is 2. The lowest BCUT2D eigenvalue weighted by Gasteiger charge is -2.47. The smallest absolute Gasteiger partial charge is 0.310 e. The van der Waals surface area contributed by atoms with Crippen LogP contribution in [0, 0.1) is 11.8 Å². The number of aromatic nitrogens is 1. The van der Waals surface area contributed by atoms with Crippen LogP contribution in [-0.4, -0.2) is 62.0 Å². The highest BCUT2D eigenvalue weighted by atomic mass is 32.2. The maximum Gasteiger partial charge on any atom is 0.310 e. The maximum absolute atomic E-state index is 14.4. The molecule has 10 heteroatoms. The first kappa shape index (κ1) is 26.4. The molecule has 40 heavy (non-hydrogen) atoms. The predicted molar refractivity (Wildman–Crippen MR) is 152 cm³/mol. The van der Waals surface area contributed by atoms with E-state index >= 15 is 0 Å². The van der Waals surface area contributed by atoms with Gasteiger partial charge in [-0.15, -0.1) is 0 Å². The number of anilines is 1. The maximum atomic E-state index is 14.4. The van der Waals surface area contributed by atoms with E-state index in [-0.39, 0.29) is 17.5 Å². The number of esters is 1. The lowest BCUT2D eigenvalue weighted by molar-refractivity contribution is -0.189. The Morgan fingerprint density at radius 1 is 1.00 bits per heavy atom. The summed E-state index contributed by atoms with van der Waals surface area (Å²) in [6.45, 7) is 6.90. The summed E-state index contributed by atoms with van der Waals surface area (Å²) in [4.78, 5) is 59.4. The van der Waals surface area contributed by atoms with E-state index in [1.54, 1.807) is 27.7 Å². The van der Waals surface area contributed by atoms with Crippen LogP contribution in [0.3, 0.4) is 0 Å². The normalized spacial score (nSPS) is 27.2. The van der Waals surface area contributed by atoms with Gasteiger partial charge in [0.2, 0.25) is 0 Å². The molecule has 2 amide bonds. The SMILES string of the molecule is CC(C)C(=O)O[C@@H]1C(=O)N2[C@H]3Nc4ccccc4[C@@]3(c3c[nH]c4ccccc34)C[C@@]2(SC(=O)C(C)C)C(=O)N1C. The van der Waals surface area contributed by atoms with Crippen LogP contribution in [-0.2, 0) is 29.3 Å². The third-order valence-electron chi connectivity index (χ3n) is 8.30. The van der Waals surface area contributed by atoms with Crippen LogP contribution in [0.2, 0.25) is 0 Å². The van der Waals surface area contributed by atoms with Gasteiger partial charge >= 0.3 is 5.97 Å². The Morgan fingerprint density at radius 3 is 2.42 bits per heavy atom. The number of H-pyrrole nitrogens is 1. The predicted octanol–water partition coefficient (Wildman–Crippen LogP) is 4.05. The van der Waals surface area contributed by atoms with Crippen LogP contribution in [0.15, 0.2) is 54.7 Å². The Balaban J connectivity index is 1.60. The fourth-order valence-corrected chi connectivity index (χ4v) is 7.73. The first-order chi connectivity index (χ1) is 19.0. The average molecular weight is 561 g/mol. The summed E-state index contributed by atoms with van der Waals surface area (Å²) in [5.74, 6) is -2.41. The van der Waals surface area contributed by atoms with Gasteiger partial charge in [-0.05, 0) is 35.0 Å². The molecule has 3 aromatic rings. The van der Waals surface area contributed by atoms with Gasteiger partial charge in [0.05, 0.1) is 11.3 Å². The molecule has 0 unspecified atom stereocenters. The highest BCUT2D eigenvalue weighted by Gasteiger charge is 2.73. The van der Waals surface area contributed by atoms with Crippen molar-refractivity contribution in [1.82, 2.24) is 14.8 Å². The Kier molecular flexibility index (Phi) is 6.03. The summed E-state index contributed by atoms with van der Waals surface area (Å²) in [6, 6.07) is 15.7. The number of para-hydroxylation sites is 2. The first-order valence-corrected chi connectivity index (χ1v) is 14.3. The van der Waals surface area contributed by atoms with Crippen LogP contribution in [0.5, 0.6) is 0 Å². The van der Waals surface area contributed by atoms with Crippen molar-refractivity contribution in [1.29, 1.82) is 0 Å². The second-order valence-electron chi connectivity index (χ2n) is 11.4. The highest BCUT2D eigenvalue weighted by molar-refractivity contribution is 8.15. The second kappa shape index (κ2) is 9.12. The largest absolute Gasteiger partial charge is 0.431 e. The van der Waals surface area contributed by atoms with Crippen LogP contribution >= 0.6 is 11.8 Å². The molecule has 0 aliphatic carbocycles. The number of carbonyl (C=O) groups excluding carboxylic acids is 4. The molecule has 9 nitrogen and oxygen atoms in total. The zero-order valence-electron chi connectivity index (χ0n) is 23.1. The number of piperazine rings is 1. The minimum absolute atomic E-state index is 0.166. The molecule has 4 atom stereocenters. The van der Waals surface area contributed by atoms with Crippen molar-refractivity contribution in [2.75, 3.05) is 12.4 Å². The van der Waals surface area contributed by atoms with E-state index in [2.05, 4.69) is 10.3 Å². The Hall–Kier alpha value is -3.79. The number of nitrogens with one attached hydrogen (secondary N) is 2. The molecule has 208 valence electrons. The van der Waals surface area contributed by atoms with Crippen molar-refractivity contribution >= 4 is 51.3 Å². The number of hydrogen-bond donors (Lipinski definition) is 2. The molecule has 0 spiro atoms. The van der Waals surface area contributed by atoms with Crippen molar-refractivity contribution < 1.29 is 23.9 Å². The zero-order chi connectivity index (χ0) is 28.6. The number of aromatic amines is 1. The minimum Gasteiger partial charge on any atom is -0.431 e. The van der Waals surface area contributed by atoms with Gasteiger partial charge in [0.25, 0.3) is 18.0 Å². The topological polar surface area (TPSA) is 112 Å². The molecule has 1 aromatic heterocycles. The fraction of sp³-hybridized carbons (Fsp3) is 0.400. The average Bonchev–Trinajstić information content (AvgIpc) is 3.57. The van der Waals surface area contributed by atoms with Gasteiger partial charge in [-0.25, -0.2) is 0 Å². The number of hydrogen-bond acceptors (Lipinski definition) is 7. The molecule has 0 saturated carbocycles.